The minimum absolute atomic E-state index is 0.144. The van der Waals surface area contributed by atoms with Crippen LogP contribution in [0, 0.1) is 6.92 Å². The van der Waals surface area contributed by atoms with Crippen molar-refractivity contribution in [1.82, 2.24) is 15.0 Å². The van der Waals surface area contributed by atoms with Crippen LogP contribution < -0.4 is 4.74 Å². The smallest absolute Gasteiger partial charge is 0.168 e. The second-order valence-corrected chi connectivity index (χ2v) is 6.37. The van der Waals surface area contributed by atoms with E-state index < -0.39 is 0 Å². The summed E-state index contributed by atoms with van der Waals surface area (Å²) in [4.78, 5) is 14.0. The van der Waals surface area contributed by atoms with E-state index in [1.54, 1.807) is 19.2 Å². The molecule has 5 nitrogen and oxygen atoms in total. The predicted molar refractivity (Wildman–Crippen MR) is 109 cm³/mol. The van der Waals surface area contributed by atoms with Crippen LogP contribution >= 0.6 is 0 Å². The van der Waals surface area contributed by atoms with E-state index in [1.165, 1.54) is 0 Å². The quantitative estimate of drug-likeness (QED) is 0.554. The predicted octanol–water partition coefficient (Wildman–Crippen LogP) is 4.90. The van der Waals surface area contributed by atoms with Crippen LogP contribution in [0.25, 0.3) is 34.2 Å². The van der Waals surface area contributed by atoms with Gasteiger partial charge in [-0.3, -0.25) is 0 Å². The van der Waals surface area contributed by atoms with E-state index >= 15 is 0 Å². The molecule has 1 heterocycles. The zero-order valence-corrected chi connectivity index (χ0v) is 15.6. The second-order valence-electron chi connectivity index (χ2n) is 6.37. The summed E-state index contributed by atoms with van der Waals surface area (Å²) < 4.78 is 5.24. The van der Waals surface area contributed by atoms with Gasteiger partial charge in [0.05, 0.1) is 12.7 Å². The summed E-state index contributed by atoms with van der Waals surface area (Å²) >= 11 is 0. The summed E-state index contributed by atoms with van der Waals surface area (Å²) in [5, 5.41) is 10.4. The Hall–Kier alpha value is -3.73. The first-order chi connectivity index (χ1) is 13.7. The lowest BCUT2D eigenvalue weighted by molar-refractivity contribution is 0.415. The molecule has 3 aromatic carbocycles. The highest BCUT2D eigenvalue weighted by molar-refractivity contribution is 5.72. The van der Waals surface area contributed by atoms with Crippen LogP contribution in [0.3, 0.4) is 0 Å². The van der Waals surface area contributed by atoms with E-state index in [4.69, 9.17) is 4.74 Å². The fourth-order valence-corrected chi connectivity index (χ4v) is 3.02. The number of aromatic nitrogens is 3. The SMILES string of the molecule is COc1ccc(-c2nc(-c3ccccc3)nc(-c3c(C)cccc3O)n2)cc1. The number of benzene rings is 3. The second kappa shape index (κ2) is 7.48. The van der Waals surface area contributed by atoms with E-state index in [-0.39, 0.29) is 5.75 Å². The molecule has 0 saturated carbocycles. The van der Waals surface area contributed by atoms with Gasteiger partial charge >= 0.3 is 0 Å². The Morgan fingerprint density at radius 3 is 1.89 bits per heavy atom. The van der Waals surface area contributed by atoms with Gasteiger partial charge in [0.15, 0.2) is 17.5 Å². The van der Waals surface area contributed by atoms with Crippen molar-refractivity contribution in [1.29, 1.82) is 0 Å². The van der Waals surface area contributed by atoms with Crippen molar-refractivity contribution in [3.8, 4) is 45.7 Å². The summed E-state index contributed by atoms with van der Waals surface area (Å²) in [5.41, 5.74) is 3.23. The molecular formula is C23H19N3O2. The lowest BCUT2D eigenvalue weighted by atomic mass is 10.1. The number of nitrogens with zero attached hydrogens (tertiary/aromatic N) is 3. The molecule has 1 N–H and O–H groups in total. The van der Waals surface area contributed by atoms with Crippen molar-refractivity contribution in [2.75, 3.05) is 7.11 Å². The first-order valence-corrected chi connectivity index (χ1v) is 8.90. The summed E-state index contributed by atoms with van der Waals surface area (Å²) in [6.45, 7) is 1.92. The van der Waals surface area contributed by atoms with Gasteiger partial charge in [0, 0.05) is 11.1 Å². The molecule has 0 aliphatic rings. The van der Waals surface area contributed by atoms with Crippen LogP contribution in [-0.4, -0.2) is 27.2 Å². The average molecular weight is 369 g/mol. The fraction of sp³-hybridized carbons (Fsp3) is 0.0870. The molecule has 0 spiro atoms. The maximum Gasteiger partial charge on any atom is 0.168 e. The van der Waals surface area contributed by atoms with E-state index in [9.17, 15) is 5.11 Å². The molecule has 28 heavy (non-hydrogen) atoms. The summed E-state index contributed by atoms with van der Waals surface area (Å²) in [7, 11) is 1.63. The normalized spacial score (nSPS) is 10.6. The van der Waals surface area contributed by atoms with Gasteiger partial charge in [-0.2, -0.15) is 0 Å². The van der Waals surface area contributed by atoms with E-state index in [0.717, 1.165) is 22.4 Å². The van der Waals surface area contributed by atoms with Gasteiger partial charge in [-0.25, -0.2) is 15.0 Å². The van der Waals surface area contributed by atoms with Crippen LogP contribution in [0.4, 0.5) is 0 Å². The summed E-state index contributed by atoms with van der Waals surface area (Å²) in [5.74, 6) is 2.44. The third-order valence-corrected chi connectivity index (χ3v) is 4.49. The molecule has 0 fully saturated rings. The number of ether oxygens (including phenoxy) is 1. The van der Waals surface area contributed by atoms with Gasteiger partial charge in [-0.05, 0) is 42.8 Å². The maximum absolute atomic E-state index is 10.4. The lowest BCUT2D eigenvalue weighted by Gasteiger charge is -2.11. The first-order valence-electron chi connectivity index (χ1n) is 8.90. The molecule has 5 heteroatoms. The zero-order valence-electron chi connectivity index (χ0n) is 15.6. The topological polar surface area (TPSA) is 68.1 Å². The number of aromatic hydroxyl groups is 1. The molecule has 0 bridgehead atoms. The van der Waals surface area contributed by atoms with Crippen LogP contribution in [-0.2, 0) is 0 Å². The highest BCUT2D eigenvalue weighted by Gasteiger charge is 2.16. The Morgan fingerprint density at radius 2 is 1.29 bits per heavy atom. The maximum atomic E-state index is 10.4. The fourth-order valence-electron chi connectivity index (χ4n) is 3.02. The standard InChI is InChI=1S/C23H19N3O2/c1-15-7-6-10-19(27)20(15)23-25-21(16-8-4-3-5-9-16)24-22(26-23)17-11-13-18(28-2)14-12-17/h3-14,27H,1-2H3. The van der Waals surface area contributed by atoms with Crippen molar-refractivity contribution in [3.63, 3.8) is 0 Å². The van der Waals surface area contributed by atoms with Gasteiger partial charge < -0.3 is 9.84 Å². The largest absolute Gasteiger partial charge is 0.507 e. The first kappa shape index (κ1) is 17.7. The van der Waals surface area contributed by atoms with E-state index in [0.29, 0.717) is 23.0 Å². The highest BCUT2D eigenvalue weighted by atomic mass is 16.5. The molecule has 0 amide bonds. The molecule has 0 aliphatic heterocycles. The van der Waals surface area contributed by atoms with Gasteiger partial charge in [0.2, 0.25) is 0 Å². The number of methoxy groups -OCH3 is 1. The molecular weight excluding hydrogens is 350 g/mol. The third kappa shape index (κ3) is 3.42. The number of phenolic OH excluding ortho intramolecular Hbond substituents is 1. The van der Waals surface area contributed by atoms with Gasteiger partial charge in [-0.1, -0.05) is 42.5 Å². The van der Waals surface area contributed by atoms with Crippen molar-refractivity contribution >= 4 is 0 Å². The molecule has 4 rings (SSSR count). The van der Waals surface area contributed by atoms with Crippen LogP contribution in [0.5, 0.6) is 11.5 Å². The minimum atomic E-state index is 0.144. The van der Waals surface area contributed by atoms with Gasteiger partial charge in [0.1, 0.15) is 11.5 Å². The third-order valence-electron chi connectivity index (χ3n) is 4.49. The van der Waals surface area contributed by atoms with Crippen molar-refractivity contribution in [2.24, 2.45) is 0 Å². The van der Waals surface area contributed by atoms with Crippen LogP contribution in [0.15, 0.2) is 72.8 Å². The molecule has 0 unspecified atom stereocenters. The van der Waals surface area contributed by atoms with E-state index in [1.807, 2.05) is 67.6 Å². The van der Waals surface area contributed by atoms with Crippen molar-refractivity contribution in [2.45, 2.75) is 6.92 Å². The molecule has 0 saturated heterocycles. The highest BCUT2D eigenvalue weighted by Crippen LogP contribution is 2.32. The lowest BCUT2D eigenvalue weighted by Crippen LogP contribution is -2.01. The molecule has 138 valence electrons. The molecule has 1 aromatic heterocycles. The molecule has 0 radical (unpaired) electrons. The minimum Gasteiger partial charge on any atom is -0.507 e. The number of rotatable bonds is 4. The molecule has 4 aromatic rings. The summed E-state index contributed by atoms with van der Waals surface area (Å²) in [6.07, 6.45) is 0. The van der Waals surface area contributed by atoms with E-state index in [2.05, 4.69) is 15.0 Å². The Balaban J connectivity index is 1.93. The molecule has 0 atom stereocenters. The Morgan fingerprint density at radius 1 is 0.679 bits per heavy atom. The average Bonchev–Trinajstić information content (AvgIpc) is 2.74. The van der Waals surface area contributed by atoms with Crippen molar-refractivity contribution < 1.29 is 9.84 Å². The van der Waals surface area contributed by atoms with Gasteiger partial charge in [-0.15, -0.1) is 0 Å². The number of phenols is 1. The Labute approximate surface area is 163 Å². The van der Waals surface area contributed by atoms with Crippen LogP contribution in [0.2, 0.25) is 0 Å². The Bertz CT molecular complexity index is 1090. The monoisotopic (exact) mass is 369 g/mol. The Kier molecular flexibility index (Phi) is 4.72. The molecule has 0 aliphatic carbocycles. The van der Waals surface area contributed by atoms with Gasteiger partial charge in [0.25, 0.3) is 0 Å². The zero-order chi connectivity index (χ0) is 19.5. The number of hydrogen-bond donors (Lipinski definition) is 1. The van der Waals surface area contributed by atoms with Crippen molar-refractivity contribution in [3.05, 3.63) is 78.4 Å². The van der Waals surface area contributed by atoms with Crippen LogP contribution in [0.1, 0.15) is 5.56 Å². The number of hydrogen-bond acceptors (Lipinski definition) is 5. The number of aryl methyl sites for hydroxylation is 1. The summed E-state index contributed by atoms with van der Waals surface area (Å²) in [6, 6.07) is 22.7.